The van der Waals surface area contributed by atoms with E-state index >= 15 is 0 Å². The summed E-state index contributed by atoms with van der Waals surface area (Å²) in [6.45, 7) is -0.969. The smallest absolute Gasteiger partial charge is 0.253 e. The highest BCUT2D eigenvalue weighted by molar-refractivity contribution is 6.53. The first-order chi connectivity index (χ1) is 13.0. The average molecular weight is 410 g/mol. The van der Waals surface area contributed by atoms with Gasteiger partial charge in [-0.15, -0.1) is 0 Å². The zero-order chi connectivity index (χ0) is 19.8. The maximum absolute atomic E-state index is 13.2. The third kappa shape index (κ3) is 5.90. The van der Waals surface area contributed by atoms with Gasteiger partial charge < -0.3 is 10.4 Å². The minimum atomic E-state index is -1.34. The molecular weight excluding hydrogens is 392 g/mol. The molecule has 0 saturated heterocycles. The van der Waals surface area contributed by atoms with Crippen molar-refractivity contribution in [2.45, 2.75) is 29.8 Å². The first-order valence-corrected chi connectivity index (χ1v) is 9.08. The summed E-state index contributed by atoms with van der Waals surface area (Å²) in [7, 11) is 0. The fourth-order valence-electron chi connectivity index (χ4n) is 2.48. The molecule has 0 unspecified atom stereocenters. The topological polar surface area (TPSA) is 86.0 Å². The highest BCUT2D eigenvalue weighted by atomic mass is 35.5. The van der Waals surface area contributed by atoms with E-state index in [4.69, 9.17) is 28.5 Å². The van der Waals surface area contributed by atoms with Gasteiger partial charge in [0.1, 0.15) is 12.8 Å². The van der Waals surface area contributed by atoms with E-state index in [0.717, 1.165) is 16.8 Å². The van der Waals surface area contributed by atoms with Crippen molar-refractivity contribution in [3.63, 3.8) is 0 Å². The molecule has 1 heterocycles. The monoisotopic (exact) mass is 409 g/mol. The molecule has 0 saturated carbocycles. The molecule has 0 bridgehead atoms. The summed E-state index contributed by atoms with van der Waals surface area (Å²) >= 11 is 10.9. The van der Waals surface area contributed by atoms with E-state index < -0.39 is 29.6 Å². The van der Waals surface area contributed by atoms with Gasteiger partial charge in [0.25, 0.3) is 5.91 Å². The largest absolute Gasteiger partial charge is 0.386 e. The number of nitriles is 1. The van der Waals surface area contributed by atoms with Gasteiger partial charge in [-0.25, -0.2) is 4.39 Å². The first-order valence-electron chi connectivity index (χ1n) is 8.21. The summed E-state index contributed by atoms with van der Waals surface area (Å²) in [5.74, 6) is -0.765. The summed E-state index contributed by atoms with van der Waals surface area (Å²) in [6, 6.07) is 11.5. The second kappa shape index (κ2) is 10.2. The van der Waals surface area contributed by atoms with Gasteiger partial charge in [-0.05, 0) is 17.2 Å². The Morgan fingerprint density at radius 3 is 2.41 bits per heavy atom. The lowest BCUT2D eigenvalue weighted by atomic mass is 9.99. The number of aliphatic hydroxyl groups excluding tert-OH is 1. The molecule has 2 N–H and O–H groups in total. The number of hydrogen-bond donors (Lipinski definition) is 2. The molecule has 2 aromatic rings. The van der Waals surface area contributed by atoms with Gasteiger partial charge in [0.2, 0.25) is 0 Å². The minimum absolute atomic E-state index is 0.416. The number of nitrogens with one attached hydrogen (secondary N) is 1. The molecule has 1 aromatic carbocycles. The molecule has 27 heavy (non-hydrogen) atoms. The lowest BCUT2D eigenvalue weighted by Gasteiger charge is -2.22. The van der Waals surface area contributed by atoms with Crippen LogP contribution in [0.15, 0.2) is 42.6 Å². The summed E-state index contributed by atoms with van der Waals surface area (Å²) in [5, 5.41) is 21.2. The Bertz CT molecular complexity index is 792. The van der Waals surface area contributed by atoms with E-state index in [2.05, 4.69) is 16.4 Å². The van der Waals surface area contributed by atoms with Gasteiger partial charge in [-0.1, -0.05) is 53.5 Å². The zero-order valence-electron chi connectivity index (χ0n) is 14.3. The van der Waals surface area contributed by atoms with Crippen LogP contribution in [0.1, 0.15) is 23.8 Å². The van der Waals surface area contributed by atoms with Gasteiger partial charge in [0.15, 0.2) is 4.84 Å². The van der Waals surface area contributed by atoms with Crippen molar-refractivity contribution >= 4 is 29.1 Å². The molecule has 0 aliphatic heterocycles. The maximum atomic E-state index is 13.2. The Morgan fingerprint density at radius 2 is 1.89 bits per heavy atom. The fourth-order valence-corrected chi connectivity index (χ4v) is 2.61. The van der Waals surface area contributed by atoms with Crippen molar-refractivity contribution in [3.05, 3.63) is 53.9 Å². The van der Waals surface area contributed by atoms with Crippen molar-refractivity contribution in [3.8, 4) is 17.2 Å². The van der Waals surface area contributed by atoms with Crippen molar-refractivity contribution < 1.29 is 14.3 Å². The van der Waals surface area contributed by atoms with Crippen molar-refractivity contribution in [1.82, 2.24) is 10.3 Å². The zero-order valence-corrected chi connectivity index (χ0v) is 15.8. The molecule has 0 aliphatic rings. The number of aliphatic hydroxyl groups is 1. The van der Waals surface area contributed by atoms with E-state index in [1.54, 1.807) is 30.5 Å². The molecule has 5 nitrogen and oxygen atoms in total. The van der Waals surface area contributed by atoms with Gasteiger partial charge in [0, 0.05) is 30.3 Å². The van der Waals surface area contributed by atoms with Crippen LogP contribution >= 0.6 is 23.2 Å². The lowest BCUT2D eigenvalue weighted by molar-refractivity contribution is -0.121. The number of benzene rings is 1. The van der Waals surface area contributed by atoms with E-state index in [1.165, 1.54) is 0 Å². The van der Waals surface area contributed by atoms with Gasteiger partial charge in [0.05, 0.1) is 12.1 Å². The molecule has 142 valence electrons. The molecule has 0 fully saturated rings. The van der Waals surface area contributed by atoms with Crippen molar-refractivity contribution in [1.29, 1.82) is 5.26 Å². The number of amides is 1. The van der Waals surface area contributed by atoms with Crippen LogP contribution in [-0.2, 0) is 11.2 Å². The van der Waals surface area contributed by atoms with Gasteiger partial charge in [-0.2, -0.15) is 5.26 Å². The molecule has 2 rings (SSSR count). The van der Waals surface area contributed by atoms with Crippen LogP contribution in [0.5, 0.6) is 0 Å². The Morgan fingerprint density at radius 1 is 1.22 bits per heavy atom. The quantitative estimate of drug-likeness (QED) is 0.653. The van der Waals surface area contributed by atoms with Gasteiger partial charge in [-0.3, -0.25) is 9.78 Å². The number of hydrogen-bond acceptors (Lipinski definition) is 4. The highest BCUT2D eigenvalue weighted by Gasteiger charge is 2.25. The Labute approximate surface area is 166 Å². The van der Waals surface area contributed by atoms with Crippen molar-refractivity contribution in [2.75, 3.05) is 6.67 Å². The molecular formula is C19H18Cl2FN3O2. The van der Waals surface area contributed by atoms with Crippen LogP contribution in [0.3, 0.4) is 0 Å². The number of rotatable bonds is 8. The number of nitrogens with zero attached hydrogens (tertiary/aromatic N) is 2. The number of aryl methyl sites for hydroxylation is 1. The highest BCUT2D eigenvalue weighted by Crippen LogP contribution is 2.24. The number of halogens is 3. The second-order valence-corrected chi connectivity index (χ2v) is 6.93. The van der Waals surface area contributed by atoms with E-state index in [1.807, 2.05) is 12.1 Å². The normalized spacial score (nSPS) is 13.0. The SMILES string of the molecule is N#CCCc1ccc(-c2ccc([C@@H](O)[C@@H](CF)NC(=O)C(Cl)Cl)cc2)cn1. The van der Waals surface area contributed by atoms with Crippen LogP contribution in [0.4, 0.5) is 4.39 Å². The Balaban J connectivity index is 2.09. The molecule has 0 aliphatic carbocycles. The van der Waals surface area contributed by atoms with E-state index in [9.17, 15) is 14.3 Å². The summed E-state index contributed by atoms with van der Waals surface area (Å²) < 4.78 is 13.2. The average Bonchev–Trinajstić information content (AvgIpc) is 2.70. The second-order valence-electron chi connectivity index (χ2n) is 5.83. The summed E-state index contributed by atoms with van der Waals surface area (Å²) in [4.78, 5) is 14.5. The number of carbonyl (C=O) groups is 1. The Hall–Kier alpha value is -2.20. The predicted molar refractivity (Wildman–Crippen MR) is 102 cm³/mol. The summed E-state index contributed by atoms with van der Waals surface area (Å²) in [6.07, 6.45) is 1.49. The number of carbonyl (C=O) groups excluding carboxylic acids is 1. The summed E-state index contributed by atoms with van der Waals surface area (Å²) in [5.41, 5.74) is 3.03. The van der Waals surface area contributed by atoms with E-state index in [-0.39, 0.29) is 0 Å². The molecule has 8 heteroatoms. The van der Waals surface area contributed by atoms with Crippen LogP contribution in [-0.4, -0.2) is 33.6 Å². The fraction of sp³-hybridized carbons (Fsp3) is 0.316. The number of aromatic nitrogens is 1. The van der Waals surface area contributed by atoms with Gasteiger partial charge >= 0.3 is 0 Å². The third-order valence-electron chi connectivity index (χ3n) is 3.98. The number of pyridine rings is 1. The minimum Gasteiger partial charge on any atom is -0.386 e. The number of alkyl halides is 3. The van der Waals surface area contributed by atoms with E-state index in [0.29, 0.717) is 18.4 Å². The predicted octanol–water partition coefficient (Wildman–Crippen LogP) is 3.50. The molecule has 2 atom stereocenters. The van der Waals surface area contributed by atoms with Crippen molar-refractivity contribution in [2.24, 2.45) is 0 Å². The third-order valence-corrected chi connectivity index (χ3v) is 4.37. The first kappa shape index (κ1) is 21.1. The van der Waals surface area contributed by atoms with Crippen LogP contribution in [0.2, 0.25) is 0 Å². The molecule has 0 spiro atoms. The molecule has 1 amide bonds. The van der Waals surface area contributed by atoms with Crippen LogP contribution in [0, 0.1) is 11.3 Å². The maximum Gasteiger partial charge on any atom is 0.253 e. The standard InChI is InChI=1S/C19H18Cl2FN3O2/c20-18(21)19(27)25-16(10-22)17(26)13-5-3-12(4-6-13)14-7-8-15(24-11-14)2-1-9-23/h3-8,11,16-18,26H,1-2,10H2,(H,25,27)/t16-,17-/m1/s1. The van der Waals surface area contributed by atoms with Crippen LogP contribution < -0.4 is 5.32 Å². The molecule has 0 radical (unpaired) electrons. The Kier molecular flexibility index (Phi) is 7.99. The molecule has 1 aromatic heterocycles. The van der Waals surface area contributed by atoms with Crippen LogP contribution in [0.25, 0.3) is 11.1 Å². The lowest BCUT2D eigenvalue weighted by Crippen LogP contribution is -2.43.